The highest BCUT2D eigenvalue weighted by atomic mass is 35.5. The van der Waals surface area contributed by atoms with E-state index in [2.05, 4.69) is 0 Å². The molecule has 0 saturated carbocycles. The fourth-order valence-corrected chi connectivity index (χ4v) is 6.40. The standard InChI is InChI=1S/C13H10ClNO4S3/c1-9-2-5-11(6-3-9)22(18,19)21-20-13-7-4-10(14)8-12(13)15(16)17/h2-8H,1H3. The molecule has 0 bridgehead atoms. The molecule has 0 spiro atoms. The summed E-state index contributed by atoms with van der Waals surface area (Å²) in [5.74, 6) is 0. The van der Waals surface area contributed by atoms with E-state index in [1.807, 2.05) is 6.92 Å². The molecule has 5 nitrogen and oxygen atoms in total. The van der Waals surface area contributed by atoms with E-state index in [1.54, 1.807) is 12.1 Å². The van der Waals surface area contributed by atoms with Crippen LogP contribution in [0.1, 0.15) is 5.56 Å². The van der Waals surface area contributed by atoms with E-state index >= 15 is 0 Å². The molecule has 0 aliphatic rings. The molecule has 0 aliphatic carbocycles. The first-order valence-corrected chi connectivity index (χ1v) is 10.4. The molecule has 9 heteroatoms. The zero-order valence-corrected chi connectivity index (χ0v) is 14.4. The third-order valence-corrected chi connectivity index (χ3v) is 8.58. The van der Waals surface area contributed by atoms with Crippen molar-refractivity contribution in [2.75, 3.05) is 0 Å². The molecule has 0 aromatic heterocycles. The highest BCUT2D eigenvalue weighted by Gasteiger charge is 2.21. The Bertz CT molecular complexity index is 807. The Balaban J connectivity index is 2.22. The molecule has 0 fully saturated rings. The zero-order valence-electron chi connectivity index (χ0n) is 11.2. The number of nitro benzene ring substituents is 1. The maximum atomic E-state index is 12.2. The molecule has 2 rings (SSSR count). The molecule has 0 radical (unpaired) electrons. The number of hydrogen-bond donors (Lipinski definition) is 0. The van der Waals surface area contributed by atoms with Crippen molar-refractivity contribution in [3.8, 4) is 0 Å². The highest BCUT2D eigenvalue weighted by Crippen LogP contribution is 2.43. The lowest BCUT2D eigenvalue weighted by Crippen LogP contribution is -1.94. The first kappa shape index (κ1) is 17.1. The van der Waals surface area contributed by atoms with Crippen LogP contribution < -0.4 is 0 Å². The summed E-state index contributed by atoms with van der Waals surface area (Å²) < 4.78 is 24.4. The van der Waals surface area contributed by atoms with E-state index in [1.165, 1.54) is 30.3 Å². The van der Waals surface area contributed by atoms with Crippen molar-refractivity contribution in [1.29, 1.82) is 0 Å². The van der Waals surface area contributed by atoms with Crippen LogP contribution in [0.15, 0.2) is 52.3 Å². The summed E-state index contributed by atoms with van der Waals surface area (Å²) in [6.07, 6.45) is 0. The summed E-state index contributed by atoms with van der Waals surface area (Å²) in [5, 5.41) is 11.2. The van der Waals surface area contributed by atoms with Crippen LogP contribution in [0.25, 0.3) is 0 Å². The van der Waals surface area contributed by atoms with E-state index in [-0.39, 0.29) is 20.5 Å². The van der Waals surface area contributed by atoms with Gasteiger partial charge in [-0.2, -0.15) is 0 Å². The van der Waals surface area contributed by atoms with E-state index < -0.39 is 13.8 Å². The molecular formula is C13H10ClNO4S3. The molecule has 2 aromatic rings. The van der Waals surface area contributed by atoms with Crippen molar-refractivity contribution in [1.82, 2.24) is 0 Å². The molecule has 0 heterocycles. The predicted octanol–water partition coefficient (Wildman–Crippen LogP) is 4.69. The van der Waals surface area contributed by atoms with Gasteiger partial charge in [0, 0.05) is 20.9 Å². The lowest BCUT2D eigenvalue weighted by Gasteiger charge is -2.05. The van der Waals surface area contributed by atoms with Gasteiger partial charge in [0.25, 0.3) is 5.69 Å². The van der Waals surface area contributed by atoms with Gasteiger partial charge in [0.1, 0.15) is 0 Å². The first-order valence-electron chi connectivity index (χ1n) is 5.91. The van der Waals surface area contributed by atoms with Gasteiger partial charge in [0.2, 0.25) is 8.87 Å². The van der Waals surface area contributed by atoms with E-state index in [0.717, 1.165) is 16.4 Å². The third kappa shape index (κ3) is 4.16. The lowest BCUT2D eigenvalue weighted by atomic mass is 10.2. The van der Waals surface area contributed by atoms with Gasteiger partial charge in [0.05, 0.1) is 14.7 Å². The fourth-order valence-electron chi connectivity index (χ4n) is 1.53. The molecule has 0 unspecified atom stereocenters. The Morgan fingerprint density at radius 1 is 1.14 bits per heavy atom. The number of nitrogens with zero attached hydrogens (tertiary/aromatic N) is 1. The number of rotatable bonds is 5. The van der Waals surface area contributed by atoms with Gasteiger partial charge in [0.15, 0.2) is 0 Å². The Morgan fingerprint density at radius 3 is 2.36 bits per heavy atom. The normalized spacial score (nSPS) is 11.4. The smallest absolute Gasteiger partial charge is 0.258 e. The minimum absolute atomic E-state index is 0.159. The van der Waals surface area contributed by atoms with Crippen LogP contribution in [-0.4, -0.2) is 13.3 Å². The van der Waals surface area contributed by atoms with Gasteiger partial charge in [-0.15, -0.1) is 0 Å². The Hall–Kier alpha value is -1.22. The second-order valence-electron chi connectivity index (χ2n) is 4.29. The van der Waals surface area contributed by atoms with Crippen molar-refractivity contribution >= 4 is 46.8 Å². The quantitative estimate of drug-likeness (QED) is 0.428. The van der Waals surface area contributed by atoms with Gasteiger partial charge < -0.3 is 0 Å². The lowest BCUT2D eigenvalue weighted by molar-refractivity contribution is -0.387. The maximum Gasteiger partial charge on any atom is 0.285 e. The van der Waals surface area contributed by atoms with Gasteiger partial charge in [-0.3, -0.25) is 10.1 Å². The predicted molar refractivity (Wildman–Crippen MR) is 89.9 cm³/mol. The highest BCUT2D eigenvalue weighted by molar-refractivity contribution is 9.06. The molecule has 0 aliphatic heterocycles. The average molecular weight is 376 g/mol. The number of aryl methyl sites for hydroxylation is 1. The van der Waals surface area contributed by atoms with Crippen molar-refractivity contribution in [3.05, 3.63) is 63.2 Å². The molecular weight excluding hydrogens is 366 g/mol. The molecule has 0 saturated heterocycles. The van der Waals surface area contributed by atoms with E-state index in [9.17, 15) is 18.5 Å². The molecule has 22 heavy (non-hydrogen) atoms. The summed E-state index contributed by atoms with van der Waals surface area (Å²) >= 11 is 5.72. The van der Waals surface area contributed by atoms with Crippen molar-refractivity contribution < 1.29 is 13.3 Å². The van der Waals surface area contributed by atoms with Crippen LogP contribution >= 0.6 is 32.2 Å². The summed E-state index contributed by atoms with van der Waals surface area (Å²) in [6, 6.07) is 10.5. The molecule has 0 N–H and O–H groups in total. The largest absolute Gasteiger partial charge is 0.285 e. The van der Waals surface area contributed by atoms with Crippen LogP contribution in [0.5, 0.6) is 0 Å². The van der Waals surface area contributed by atoms with Crippen LogP contribution in [0.3, 0.4) is 0 Å². The van der Waals surface area contributed by atoms with E-state index in [4.69, 9.17) is 11.6 Å². The first-order chi connectivity index (χ1) is 10.3. The van der Waals surface area contributed by atoms with Crippen molar-refractivity contribution in [2.45, 2.75) is 16.7 Å². The second-order valence-corrected chi connectivity index (χ2v) is 10.3. The van der Waals surface area contributed by atoms with Gasteiger partial charge in [-0.05, 0) is 42.0 Å². The maximum absolute atomic E-state index is 12.2. The Labute approximate surface area is 139 Å². The van der Waals surface area contributed by atoms with Gasteiger partial charge in [-0.25, -0.2) is 8.42 Å². The SMILES string of the molecule is Cc1ccc(S(=O)(=O)SSc2ccc(Cl)cc2[N+](=O)[O-])cc1. The number of benzene rings is 2. The topological polar surface area (TPSA) is 77.3 Å². The summed E-state index contributed by atoms with van der Waals surface area (Å²) in [6.45, 7) is 1.86. The Kier molecular flexibility index (Phi) is 5.38. The van der Waals surface area contributed by atoms with Crippen LogP contribution in [0.4, 0.5) is 5.69 Å². The van der Waals surface area contributed by atoms with Gasteiger partial charge >= 0.3 is 0 Å². The molecule has 116 valence electrons. The summed E-state index contributed by atoms with van der Waals surface area (Å²) in [4.78, 5) is 10.8. The van der Waals surface area contributed by atoms with Crippen molar-refractivity contribution in [2.24, 2.45) is 0 Å². The third-order valence-electron chi connectivity index (χ3n) is 2.64. The number of hydrogen-bond acceptors (Lipinski definition) is 6. The van der Waals surface area contributed by atoms with Crippen LogP contribution in [0, 0.1) is 17.0 Å². The summed E-state index contributed by atoms with van der Waals surface area (Å²) in [5.41, 5.74) is 0.731. The molecule has 2 aromatic carbocycles. The number of nitro groups is 1. The van der Waals surface area contributed by atoms with E-state index in [0.29, 0.717) is 9.83 Å². The minimum atomic E-state index is -3.60. The van der Waals surface area contributed by atoms with Crippen LogP contribution in [0.2, 0.25) is 5.02 Å². The average Bonchev–Trinajstić information content (AvgIpc) is 2.46. The minimum Gasteiger partial charge on any atom is -0.258 e. The fraction of sp³-hybridized carbons (Fsp3) is 0.0769. The van der Waals surface area contributed by atoms with Crippen LogP contribution in [-0.2, 0) is 8.87 Å². The zero-order chi connectivity index (χ0) is 16.3. The van der Waals surface area contributed by atoms with Gasteiger partial charge in [-0.1, -0.05) is 29.3 Å². The summed E-state index contributed by atoms with van der Waals surface area (Å²) in [7, 11) is -2.22. The van der Waals surface area contributed by atoms with Crippen molar-refractivity contribution in [3.63, 3.8) is 0 Å². The second kappa shape index (κ2) is 6.91. The monoisotopic (exact) mass is 375 g/mol. The number of halogens is 1. The molecule has 0 amide bonds. The Morgan fingerprint density at radius 2 is 1.77 bits per heavy atom. The molecule has 0 atom stereocenters.